The SMILES string of the molecule is CCOC(=O)C1CCN(C(=O)C2SCCN2C(=O)CC(N)Cc2cc(F)c(F)cc2F)CC1. The maximum absolute atomic E-state index is 13.9. The molecule has 2 atom stereocenters. The van der Waals surface area contributed by atoms with E-state index in [1.807, 2.05) is 0 Å². The molecule has 0 radical (unpaired) electrons. The smallest absolute Gasteiger partial charge is 0.309 e. The summed E-state index contributed by atoms with van der Waals surface area (Å²) in [6, 6.07) is 0.377. The number of piperidine rings is 1. The lowest BCUT2D eigenvalue weighted by molar-refractivity contribution is -0.151. The van der Waals surface area contributed by atoms with E-state index in [4.69, 9.17) is 10.5 Å². The molecule has 0 saturated carbocycles. The van der Waals surface area contributed by atoms with E-state index >= 15 is 0 Å². The van der Waals surface area contributed by atoms with Crippen molar-refractivity contribution in [3.8, 4) is 0 Å². The Balaban J connectivity index is 1.55. The zero-order chi connectivity index (χ0) is 24.1. The first-order valence-corrected chi connectivity index (χ1v) is 12.0. The first kappa shape index (κ1) is 25.4. The third-order valence-corrected chi connectivity index (χ3v) is 7.05. The molecule has 0 bridgehead atoms. The van der Waals surface area contributed by atoms with Gasteiger partial charge in [-0.3, -0.25) is 14.4 Å². The Hall–Kier alpha value is -2.27. The van der Waals surface area contributed by atoms with Crippen molar-refractivity contribution in [2.45, 2.75) is 44.0 Å². The molecule has 2 unspecified atom stereocenters. The summed E-state index contributed by atoms with van der Waals surface area (Å²) in [7, 11) is 0. The molecule has 1 aromatic carbocycles. The number of nitrogens with two attached hydrogens (primary N) is 1. The number of thioether (sulfide) groups is 1. The maximum atomic E-state index is 13.9. The molecule has 7 nitrogen and oxygen atoms in total. The molecule has 11 heteroatoms. The van der Waals surface area contributed by atoms with Crippen molar-refractivity contribution < 1.29 is 32.3 Å². The second-order valence-corrected chi connectivity index (χ2v) is 9.38. The van der Waals surface area contributed by atoms with Crippen LogP contribution in [0.2, 0.25) is 0 Å². The predicted octanol–water partition coefficient (Wildman–Crippen LogP) is 2.07. The molecule has 0 aromatic heterocycles. The van der Waals surface area contributed by atoms with E-state index in [1.54, 1.807) is 11.8 Å². The fourth-order valence-electron chi connectivity index (χ4n) is 4.10. The summed E-state index contributed by atoms with van der Waals surface area (Å²) in [6.45, 7) is 3.27. The average molecular weight is 488 g/mol. The third kappa shape index (κ3) is 6.20. The molecule has 2 N–H and O–H groups in total. The van der Waals surface area contributed by atoms with E-state index in [9.17, 15) is 27.6 Å². The van der Waals surface area contributed by atoms with Crippen LogP contribution in [-0.4, -0.2) is 71.0 Å². The molecule has 3 rings (SSSR count). The van der Waals surface area contributed by atoms with Gasteiger partial charge in [-0.25, -0.2) is 13.2 Å². The van der Waals surface area contributed by atoms with Gasteiger partial charge in [-0.15, -0.1) is 11.8 Å². The number of benzene rings is 1. The normalized spacial score (nSPS) is 20.1. The van der Waals surface area contributed by atoms with Crippen LogP contribution >= 0.6 is 11.8 Å². The van der Waals surface area contributed by atoms with Gasteiger partial charge in [-0.1, -0.05) is 0 Å². The van der Waals surface area contributed by atoms with Crippen LogP contribution in [0.4, 0.5) is 13.2 Å². The standard InChI is InChI=1S/C22H28F3N3O4S/c1-2-32-22(31)13-3-5-27(6-4-13)20(30)21-28(7-8-33-21)19(29)11-15(26)9-14-10-17(24)18(25)12-16(14)23/h10,12-13,15,21H,2-9,11,26H2,1H3. The third-order valence-electron chi connectivity index (χ3n) is 5.86. The van der Waals surface area contributed by atoms with E-state index in [1.165, 1.54) is 16.7 Å². The Bertz CT molecular complexity index is 896. The lowest BCUT2D eigenvalue weighted by atomic mass is 9.97. The molecule has 33 heavy (non-hydrogen) atoms. The van der Waals surface area contributed by atoms with Gasteiger partial charge in [0.1, 0.15) is 5.82 Å². The molecule has 2 amide bonds. The highest BCUT2D eigenvalue weighted by Gasteiger charge is 2.39. The van der Waals surface area contributed by atoms with Crippen LogP contribution in [0.5, 0.6) is 0 Å². The molecule has 2 heterocycles. The van der Waals surface area contributed by atoms with Gasteiger partial charge in [0.15, 0.2) is 17.0 Å². The first-order chi connectivity index (χ1) is 15.7. The van der Waals surface area contributed by atoms with Crippen molar-refractivity contribution in [1.82, 2.24) is 9.80 Å². The van der Waals surface area contributed by atoms with Gasteiger partial charge in [0.25, 0.3) is 5.91 Å². The van der Waals surface area contributed by atoms with E-state index in [-0.39, 0.29) is 42.1 Å². The van der Waals surface area contributed by atoms with Gasteiger partial charge in [-0.2, -0.15) is 0 Å². The molecule has 0 spiro atoms. The van der Waals surface area contributed by atoms with Gasteiger partial charge in [0.2, 0.25) is 5.91 Å². The highest BCUT2D eigenvalue weighted by Crippen LogP contribution is 2.29. The lowest BCUT2D eigenvalue weighted by Gasteiger charge is -2.34. The van der Waals surface area contributed by atoms with Gasteiger partial charge in [-0.05, 0) is 37.8 Å². The number of hydrogen-bond donors (Lipinski definition) is 1. The van der Waals surface area contributed by atoms with Crippen molar-refractivity contribution in [2.24, 2.45) is 11.7 Å². The zero-order valence-corrected chi connectivity index (χ0v) is 19.2. The van der Waals surface area contributed by atoms with E-state index in [0.29, 0.717) is 50.9 Å². The van der Waals surface area contributed by atoms with E-state index < -0.39 is 28.9 Å². The monoisotopic (exact) mass is 487 g/mol. The molecule has 2 saturated heterocycles. The minimum absolute atomic E-state index is 0.109. The van der Waals surface area contributed by atoms with Gasteiger partial charge >= 0.3 is 5.97 Å². The fraction of sp³-hybridized carbons (Fsp3) is 0.591. The summed E-state index contributed by atoms with van der Waals surface area (Å²) in [5.74, 6) is -3.81. The number of hydrogen-bond acceptors (Lipinski definition) is 6. The maximum Gasteiger partial charge on any atom is 0.309 e. The largest absolute Gasteiger partial charge is 0.466 e. The number of amides is 2. The van der Waals surface area contributed by atoms with Crippen LogP contribution in [0.1, 0.15) is 31.7 Å². The number of likely N-dealkylation sites (tertiary alicyclic amines) is 1. The van der Waals surface area contributed by atoms with Crippen LogP contribution < -0.4 is 5.73 Å². The van der Waals surface area contributed by atoms with Gasteiger partial charge in [0.05, 0.1) is 12.5 Å². The number of carbonyl (C=O) groups is 3. The summed E-state index contributed by atoms with van der Waals surface area (Å²) < 4.78 is 45.5. The molecule has 2 aliphatic heterocycles. The van der Waals surface area contributed by atoms with Crippen LogP contribution in [0.25, 0.3) is 0 Å². The quantitative estimate of drug-likeness (QED) is 0.468. The highest BCUT2D eigenvalue weighted by molar-refractivity contribution is 8.00. The van der Waals surface area contributed by atoms with Crippen LogP contribution in [0.3, 0.4) is 0 Å². The number of esters is 1. The number of nitrogens with zero attached hydrogens (tertiary/aromatic N) is 2. The van der Waals surface area contributed by atoms with Crippen molar-refractivity contribution in [3.05, 3.63) is 35.1 Å². The van der Waals surface area contributed by atoms with Crippen LogP contribution in [0, 0.1) is 23.4 Å². The summed E-state index contributed by atoms with van der Waals surface area (Å²) in [4.78, 5) is 40.9. The first-order valence-electron chi connectivity index (χ1n) is 11.0. The molecular weight excluding hydrogens is 459 g/mol. The molecule has 2 fully saturated rings. The topological polar surface area (TPSA) is 92.9 Å². The minimum atomic E-state index is -1.29. The number of ether oxygens (including phenoxy) is 1. The number of rotatable bonds is 7. The summed E-state index contributed by atoms with van der Waals surface area (Å²) in [5, 5.41) is -0.677. The number of halogens is 3. The minimum Gasteiger partial charge on any atom is -0.466 e. The Labute approximate surface area is 194 Å². The Morgan fingerprint density at radius 3 is 2.45 bits per heavy atom. The van der Waals surface area contributed by atoms with Crippen molar-refractivity contribution in [1.29, 1.82) is 0 Å². The second-order valence-electron chi connectivity index (χ2n) is 8.19. The van der Waals surface area contributed by atoms with E-state index in [0.717, 1.165) is 6.07 Å². The van der Waals surface area contributed by atoms with Crippen LogP contribution in [-0.2, 0) is 25.5 Å². The molecular formula is C22H28F3N3O4S. The molecule has 0 aliphatic carbocycles. The molecule has 182 valence electrons. The predicted molar refractivity (Wildman–Crippen MR) is 117 cm³/mol. The average Bonchev–Trinajstić information content (AvgIpc) is 3.27. The van der Waals surface area contributed by atoms with Gasteiger partial charge in [0, 0.05) is 43.9 Å². The lowest BCUT2D eigenvalue weighted by Crippen LogP contribution is -2.50. The van der Waals surface area contributed by atoms with Crippen molar-refractivity contribution in [2.75, 3.05) is 32.0 Å². The Morgan fingerprint density at radius 1 is 1.12 bits per heavy atom. The summed E-state index contributed by atoms with van der Waals surface area (Å²) in [5.41, 5.74) is 5.88. The summed E-state index contributed by atoms with van der Waals surface area (Å²) >= 11 is 1.36. The van der Waals surface area contributed by atoms with Gasteiger partial charge < -0.3 is 20.3 Å². The zero-order valence-electron chi connectivity index (χ0n) is 18.4. The van der Waals surface area contributed by atoms with Crippen molar-refractivity contribution >= 4 is 29.5 Å². The molecule has 2 aliphatic rings. The van der Waals surface area contributed by atoms with Crippen molar-refractivity contribution in [3.63, 3.8) is 0 Å². The number of carbonyl (C=O) groups excluding carboxylic acids is 3. The van der Waals surface area contributed by atoms with E-state index in [2.05, 4.69) is 0 Å². The Morgan fingerprint density at radius 2 is 1.79 bits per heavy atom. The summed E-state index contributed by atoms with van der Waals surface area (Å²) in [6.07, 6.45) is 0.727. The highest BCUT2D eigenvalue weighted by atomic mass is 32.2. The fourth-order valence-corrected chi connectivity index (χ4v) is 5.32. The van der Waals surface area contributed by atoms with Crippen LogP contribution in [0.15, 0.2) is 12.1 Å². The Kier molecular flexibility index (Phi) is 8.63. The second kappa shape index (κ2) is 11.2. The molecule has 1 aromatic rings.